The number of hydrogen-bond donors (Lipinski definition) is 2. The Balaban J connectivity index is 0.00000484. The van der Waals surface area contributed by atoms with Crippen molar-refractivity contribution in [2.24, 2.45) is 0 Å². The first kappa shape index (κ1) is 20.9. The van der Waals surface area contributed by atoms with Crippen molar-refractivity contribution in [3.8, 4) is 11.5 Å². The largest absolute Gasteiger partial charge is 0.493 e. The molecule has 2 N–H and O–H groups in total. The molecule has 0 aliphatic rings. The van der Waals surface area contributed by atoms with Crippen LogP contribution in [0.15, 0.2) is 12.1 Å². The Hall–Kier alpha value is -2.06. The number of carbonyl (C=O) groups is 1. The number of nitrogens with zero attached hydrogens (tertiary/aromatic N) is 1. The molecule has 0 spiro atoms. The summed E-state index contributed by atoms with van der Waals surface area (Å²) < 4.78 is 10.4. The molecule has 0 bridgehead atoms. The number of nitro benzene ring substituents is 1. The summed E-state index contributed by atoms with van der Waals surface area (Å²) >= 11 is 0. The summed E-state index contributed by atoms with van der Waals surface area (Å²) in [5.74, 6) is -0.00358. The number of methoxy groups -OCH3 is 1. The smallest absolute Gasteiger partial charge is 0.286 e. The lowest BCUT2D eigenvalue weighted by Crippen LogP contribution is -2.32. The molecule has 0 unspecified atom stereocenters. The van der Waals surface area contributed by atoms with E-state index in [9.17, 15) is 14.9 Å². The van der Waals surface area contributed by atoms with Gasteiger partial charge in [-0.15, -0.1) is 12.4 Å². The quantitative estimate of drug-likeness (QED) is 0.401. The molecule has 1 aromatic rings. The third kappa shape index (κ3) is 5.91. The number of carbonyl (C=O) groups excluding carboxylic acids is 1. The monoisotopic (exact) mass is 347 g/mol. The van der Waals surface area contributed by atoms with E-state index in [1.54, 1.807) is 6.92 Å². The van der Waals surface area contributed by atoms with Gasteiger partial charge in [0.15, 0.2) is 11.5 Å². The topological polar surface area (TPSA) is 103 Å². The van der Waals surface area contributed by atoms with Gasteiger partial charge in [0.05, 0.1) is 24.7 Å². The second-order valence-electron chi connectivity index (χ2n) is 4.32. The summed E-state index contributed by atoms with van der Waals surface area (Å²) in [5.41, 5.74) is -0.369. The van der Waals surface area contributed by atoms with Crippen molar-refractivity contribution < 1.29 is 19.2 Å². The Morgan fingerprint density at radius 3 is 2.48 bits per heavy atom. The predicted octanol–water partition coefficient (Wildman–Crippen LogP) is 1.76. The van der Waals surface area contributed by atoms with Crippen molar-refractivity contribution in [3.05, 3.63) is 27.8 Å². The van der Waals surface area contributed by atoms with Crippen molar-refractivity contribution in [3.63, 3.8) is 0 Å². The fourth-order valence-electron chi connectivity index (χ4n) is 1.85. The molecule has 0 fully saturated rings. The lowest BCUT2D eigenvalue weighted by Gasteiger charge is -2.12. The number of ether oxygens (including phenoxy) is 2. The van der Waals surface area contributed by atoms with Crippen LogP contribution in [0.5, 0.6) is 11.5 Å². The van der Waals surface area contributed by atoms with Crippen molar-refractivity contribution in [1.29, 1.82) is 0 Å². The van der Waals surface area contributed by atoms with Gasteiger partial charge in [-0.05, 0) is 13.5 Å². The van der Waals surface area contributed by atoms with E-state index >= 15 is 0 Å². The van der Waals surface area contributed by atoms with E-state index in [0.717, 1.165) is 6.54 Å². The number of benzene rings is 1. The second kappa shape index (κ2) is 10.6. The number of likely N-dealkylation sites (N-methyl/N-ethyl adjacent to an activating group) is 1. The highest BCUT2D eigenvalue weighted by Gasteiger charge is 2.24. The molecule has 0 atom stereocenters. The molecule has 0 aliphatic carbocycles. The van der Waals surface area contributed by atoms with Crippen LogP contribution < -0.4 is 20.1 Å². The summed E-state index contributed by atoms with van der Waals surface area (Å²) in [6.07, 6.45) is 0. The van der Waals surface area contributed by atoms with Crippen LogP contribution in [-0.4, -0.2) is 44.2 Å². The van der Waals surface area contributed by atoms with Crippen molar-refractivity contribution in [2.75, 3.05) is 33.4 Å². The Labute approximate surface area is 141 Å². The maximum Gasteiger partial charge on any atom is 0.286 e. The highest BCUT2D eigenvalue weighted by Crippen LogP contribution is 2.34. The summed E-state index contributed by atoms with van der Waals surface area (Å²) in [5, 5.41) is 16.9. The van der Waals surface area contributed by atoms with Crippen molar-refractivity contribution in [2.45, 2.75) is 13.8 Å². The highest BCUT2D eigenvalue weighted by atomic mass is 35.5. The van der Waals surface area contributed by atoms with Crippen LogP contribution in [0.25, 0.3) is 0 Å². The van der Waals surface area contributed by atoms with E-state index in [2.05, 4.69) is 10.6 Å². The molecule has 23 heavy (non-hydrogen) atoms. The van der Waals surface area contributed by atoms with E-state index in [0.29, 0.717) is 19.7 Å². The van der Waals surface area contributed by atoms with Gasteiger partial charge in [-0.1, -0.05) is 6.92 Å². The van der Waals surface area contributed by atoms with Gasteiger partial charge in [-0.2, -0.15) is 0 Å². The first-order chi connectivity index (χ1) is 10.5. The number of nitrogens with one attached hydrogen (secondary N) is 2. The molecule has 0 radical (unpaired) electrons. The van der Waals surface area contributed by atoms with Gasteiger partial charge in [0.2, 0.25) is 0 Å². The summed E-state index contributed by atoms with van der Waals surface area (Å²) in [4.78, 5) is 22.7. The van der Waals surface area contributed by atoms with Gasteiger partial charge in [0, 0.05) is 19.2 Å². The standard InChI is InChI=1S/C14H21N3O5.ClH/c1-4-15-6-7-16-14(18)10-8-12(21-3)13(22-5-2)9-11(10)17(19)20;/h8-9,15H,4-7H2,1-3H3,(H,16,18);1H. The molecule has 1 amide bonds. The minimum Gasteiger partial charge on any atom is -0.493 e. The van der Waals surface area contributed by atoms with Crippen LogP contribution in [0.2, 0.25) is 0 Å². The Kier molecular flexibility index (Phi) is 9.68. The number of rotatable bonds is 9. The molecule has 8 nitrogen and oxygen atoms in total. The summed E-state index contributed by atoms with van der Waals surface area (Å²) in [6.45, 7) is 5.79. The van der Waals surface area contributed by atoms with Gasteiger partial charge in [-0.3, -0.25) is 14.9 Å². The molecular formula is C14H22ClN3O5. The summed E-state index contributed by atoms with van der Waals surface area (Å²) in [7, 11) is 1.41. The number of nitro groups is 1. The average molecular weight is 348 g/mol. The molecule has 0 aliphatic heterocycles. The molecular weight excluding hydrogens is 326 g/mol. The minimum atomic E-state index is -0.610. The fourth-order valence-corrected chi connectivity index (χ4v) is 1.85. The fraction of sp³-hybridized carbons (Fsp3) is 0.500. The van der Waals surface area contributed by atoms with E-state index in [4.69, 9.17) is 9.47 Å². The molecule has 1 rings (SSSR count). The maximum absolute atomic E-state index is 12.1. The van der Waals surface area contributed by atoms with Crippen LogP contribution in [-0.2, 0) is 0 Å². The molecule has 0 aromatic heterocycles. The zero-order valence-corrected chi connectivity index (χ0v) is 14.2. The summed E-state index contributed by atoms with van der Waals surface area (Å²) in [6, 6.07) is 2.53. The van der Waals surface area contributed by atoms with Crippen LogP contribution >= 0.6 is 12.4 Å². The van der Waals surface area contributed by atoms with E-state index < -0.39 is 10.8 Å². The molecule has 1 aromatic carbocycles. The van der Waals surface area contributed by atoms with E-state index in [1.165, 1.54) is 19.2 Å². The van der Waals surface area contributed by atoms with Gasteiger partial charge < -0.3 is 20.1 Å². The first-order valence-corrected chi connectivity index (χ1v) is 7.03. The molecule has 0 saturated heterocycles. The SMILES string of the molecule is CCNCCNC(=O)c1cc(OC)c(OCC)cc1[N+](=O)[O-].Cl. The van der Waals surface area contributed by atoms with Crippen LogP contribution in [0, 0.1) is 10.1 Å². The van der Waals surface area contributed by atoms with Gasteiger partial charge in [0.25, 0.3) is 11.6 Å². The highest BCUT2D eigenvalue weighted by molar-refractivity contribution is 5.99. The Bertz CT molecular complexity index is 539. The van der Waals surface area contributed by atoms with Crippen molar-refractivity contribution >= 4 is 24.0 Å². The predicted molar refractivity (Wildman–Crippen MR) is 88.9 cm³/mol. The van der Waals surface area contributed by atoms with Crippen molar-refractivity contribution in [1.82, 2.24) is 10.6 Å². The average Bonchev–Trinajstić information content (AvgIpc) is 2.51. The Morgan fingerprint density at radius 2 is 1.96 bits per heavy atom. The lowest BCUT2D eigenvalue weighted by molar-refractivity contribution is -0.385. The van der Waals surface area contributed by atoms with Gasteiger partial charge in [0.1, 0.15) is 5.56 Å². The maximum atomic E-state index is 12.1. The molecule has 130 valence electrons. The second-order valence-corrected chi connectivity index (χ2v) is 4.32. The van der Waals surface area contributed by atoms with Gasteiger partial charge in [-0.25, -0.2) is 0 Å². The van der Waals surface area contributed by atoms with Crippen LogP contribution in [0.4, 0.5) is 5.69 Å². The molecule has 9 heteroatoms. The normalized spacial score (nSPS) is 9.70. The van der Waals surface area contributed by atoms with E-state index in [-0.39, 0.29) is 35.2 Å². The van der Waals surface area contributed by atoms with E-state index in [1.807, 2.05) is 6.92 Å². The minimum absolute atomic E-state index is 0. The van der Waals surface area contributed by atoms with Crippen LogP contribution in [0.3, 0.4) is 0 Å². The van der Waals surface area contributed by atoms with Crippen LogP contribution in [0.1, 0.15) is 24.2 Å². The number of hydrogen-bond acceptors (Lipinski definition) is 6. The first-order valence-electron chi connectivity index (χ1n) is 7.03. The lowest BCUT2D eigenvalue weighted by atomic mass is 10.1. The number of amides is 1. The third-order valence-electron chi connectivity index (χ3n) is 2.86. The zero-order valence-electron chi connectivity index (χ0n) is 13.4. The third-order valence-corrected chi connectivity index (χ3v) is 2.86. The number of halogens is 1. The zero-order chi connectivity index (χ0) is 16.5. The van der Waals surface area contributed by atoms with Gasteiger partial charge >= 0.3 is 0 Å². The molecule has 0 saturated carbocycles. The Morgan fingerprint density at radius 1 is 1.26 bits per heavy atom. The molecule has 0 heterocycles.